The first-order valence-electron chi connectivity index (χ1n) is 10.4. The lowest BCUT2D eigenvalue weighted by atomic mass is 9.77. The minimum Gasteiger partial charge on any atom is -0.431 e. The van der Waals surface area contributed by atoms with Gasteiger partial charge < -0.3 is 20.1 Å². The van der Waals surface area contributed by atoms with Crippen LogP contribution in [0.25, 0.3) is 0 Å². The molecule has 2 amide bonds. The molecule has 7 nitrogen and oxygen atoms in total. The van der Waals surface area contributed by atoms with Crippen molar-refractivity contribution < 1.29 is 49.8 Å². The van der Waals surface area contributed by atoms with Gasteiger partial charge in [0.25, 0.3) is 11.8 Å². The number of aromatic nitrogens is 1. The van der Waals surface area contributed by atoms with Crippen molar-refractivity contribution in [2.45, 2.75) is 44.3 Å². The Kier molecular flexibility index (Phi) is 7.48. The average molecular weight is 523 g/mol. The van der Waals surface area contributed by atoms with Gasteiger partial charge in [-0.2, -0.15) is 26.3 Å². The maximum Gasteiger partial charge on any atom is 0.417 e. The third kappa shape index (κ3) is 4.94. The molecule has 1 aliphatic rings. The van der Waals surface area contributed by atoms with Crippen LogP contribution in [-0.4, -0.2) is 48.3 Å². The number of halogens is 7. The Hall–Kier alpha value is -3.42. The molecule has 2 heterocycles. The van der Waals surface area contributed by atoms with E-state index in [2.05, 4.69) is 20.4 Å². The smallest absolute Gasteiger partial charge is 0.417 e. The van der Waals surface area contributed by atoms with Crippen LogP contribution in [0.1, 0.15) is 35.8 Å². The van der Waals surface area contributed by atoms with Crippen LogP contribution in [0, 0.1) is 17.6 Å². The van der Waals surface area contributed by atoms with Gasteiger partial charge in [0.15, 0.2) is 17.2 Å². The maximum atomic E-state index is 14.4. The molecule has 1 aromatic carbocycles. The molecule has 3 rings (SSSR count). The highest BCUT2D eigenvalue weighted by Gasteiger charge is 2.66. The van der Waals surface area contributed by atoms with E-state index in [0.717, 1.165) is 25.3 Å². The number of benzene rings is 1. The summed E-state index contributed by atoms with van der Waals surface area (Å²) in [4.78, 5) is 28.7. The highest BCUT2D eigenvalue weighted by molar-refractivity contribution is 5.97. The van der Waals surface area contributed by atoms with Crippen molar-refractivity contribution in [3.05, 3.63) is 53.4 Å². The number of alkyl halides is 5. The molecule has 14 heteroatoms. The van der Waals surface area contributed by atoms with Gasteiger partial charge in [0.2, 0.25) is 5.82 Å². The van der Waals surface area contributed by atoms with Crippen LogP contribution in [-0.2, 0) is 9.53 Å². The van der Waals surface area contributed by atoms with Gasteiger partial charge in [-0.1, -0.05) is 13.0 Å². The fourth-order valence-corrected chi connectivity index (χ4v) is 4.02. The van der Waals surface area contributed by atoms with Crippen LogP contribution in [0.3, 0.4) is 0 Å². The van der Waals surface area contributed by atoms with Gasteiger partial charge >= 0.3 is 12.8 Å². The van der Waals surface area contributed by atoms with Crippen molar-refractivity contribution in [2.75, 3.05) is 12.4 Å². The molecule has 0 aliphatic carbocycles. The number of anilines is 1. The summed E-state index contributed by atoms with van der Waals surface area (Å²) in [5.41, 5.74) is -3.76. The summed E-state index contributed by atoms with van der Waals surface area (Å²) in [6, 6.07) is 3.66. The van der Waals surface area contributed by atoms with Crippen molar-refractivity contribution in [2.24, 2.45) is 5.92 Å². The fraction of sp³-hybridized carbons (Fsp3) is 0.409. The average Bonchev–Trinajstić information content (AvgIpc) is 3.08. The van der Waals surface area contributed by atoms with Crippen LogP contribution < -0.4 is 15.4 Å². The number of pyridine rings is 1. The number of carbonyl (C=O) groups excluding carboxylic acids is 2. The van der Waals surface area contributed by atoms with Gasteiger partial charge in [0.1, 0.15) is 11.8 Å². The van der Waals surface area contributed by atoms with E-state index in [1.807, 2.05) is 0 Å². The van der Waals surface area contributed by atoms with E-state index in [0.29, 0.717) is 13.0 Å². The quantitative estimate of drug-likeness (QED) is 0.548. The molecule has 0 bridgehead atoms. The molecule has 0 spiro atoms. The van der Waals surface area contributed by atoms with Crippen LogP contribution in [0.4, 0.5) is 36.4 Å². The number of carbonyl (C=O) groups is 2. The Morgan fingerprint density at radius 1 is 1.19 bits per heavy atom. The van der Waals surface area contributed by atoms with Gasteiger partial charge in [-0.3, -0.25) is 14.6 Å². The SMILES string of the molecule is CNC(=O)c1cc(NC(=O)[C@H]2O[C@@](C)(C(F)(F)F)[C@H](C)[C@@H]2c2ccc(F)c(F)c2OC(F)F)ccn1. The van der Waals surface area contributed by atoms with Gasteiger partial charge in [-0.05, 0) is 25.1 Å². The van der Waals surface area contributed by atoms with Gasteiger partial charge in [-0.25, -0.2) is 4.39 Å². The molecule has 2 aromatic rings. The zero-order valence-electron chi connectivity index (χ0n) is 18.9. The van der Waals surface area contributed by atoms with Gasteiger partial charge in [-0.15, -0.1) is 0 Å². The Bertz CT molecular complexity index is 1160. The first kappa shape index (κ1) is 27.2. The van der Waals surface area contributed by atoms with Crippen LogP contribution in [0.2, 0.25) is 0 Å². The monoisotopic (exact) mass is 523 g/mol. The molecule has 36 heavy (non-hydrogen) atoms. The molecule has 4 atom stereocenters. The van der Waals surface area contributed by atoms with Gasteiger partial charge in [0.05, 0.1) is 0 Å². The van der Waals surface area contributed by atoms with Crippen molar-refractivity contribution >= 4 is 17.5 Å². The number of hydrogen-bond acceptors (Lipinski definition) is 5. The molecule has 0 saturated carbocycles. The Labute approximate surface area is 200 Å². The topological polar surface area (TPSA) is 89.6 Å². The second-order valence-corrected chi connectivity index (χ2v) is 8.11. The summed E-state index contributed by atoms with van der Waals surface area (Å²) in [5.74, 6) is -9.89. The molecule has 0 radical (unpaired) electrons. The molecule has 0 unspecified atom stereocenters. The van der Waals surface area contributed by atoms with E-state index in [-0.39, 0.29) is 11.4 Å². The zero-order chi connectivity index (χ0) is 27.0. The highest BCUT2D eigenvalue weighted by Crippen LogP contribution is 2.55. The third-order valence-corrected chi connectivity index (χ3v) is 6.06. The number of nitrogens with zero attached hydrogens (tertiary/aromatic N) is 1. The number of amides is 2. The van der Waals surface area contributed by atoms with Gasteiger partial charge in [0, 0.05) is 36.3 Å². The fourth-order valence-electron chi connectivity index (χ4n) is 4.02. The summed E-state index contributed by atoms with van der Waals surface area (Å²) < 4.78 is 105. The lowest BCUT2D eigenvalue weighted by molar-refractivity contribution is -0.272. The lowest BCUT2D eigenvalue weighted by Crippen LogP contribution is -2.47. The Morgan fingerprint density at radius 2 is 1.86 bits per heavy atom. The maximum absolute atomic E-state index is 14.4. The Balaban J connectivity index is 2.09. The predicted molar refractivity (Wildman–Crippen MR) is 110 cm³/mol. The number of rotatable bonds is 6. The summed E-state index contributed by atoms with van der Waals surface area (Å²) in [7, 11) is 1.33. The lowest BCUT2D eigenvalue weighted by Gasteiger charge is -2.32. The predicted octanol–water partition coefficient (Wildman–Crippen LogP) is 4.40. The normalized spacial score (nSPS) is 24.0. The van der Waals surface area contributed by atoms with Crippen LogP contribution >= 0.6 is 0 Å². The molecule has 1 aromatic heterocycles. The molecular weight excluding hydrogens is 503 g/mol. The summed E-state index contributed by atoms with van der Waals surface area (Å²) >= 11 is 0. The highest BCUT2D eigenvalue weighted by atomic mass is 19.4. The minimum absolute atomic E-state index is 0.0430. The largest absolute Gasteiger partial charge is 0.431 e. The Morgan fingerprint density at radius 3 is 2.44 bits per heavy atom. The van der Waals surface area contributed by atoms with E-state index in [9.17, 15) is 40.3 Å². The third-order valence-electron chi connectivity index (χ3n) is 6.06. The van der Waals surface area contributed by atoms with E-state index < -0.39 is 71.1 Å². The van der Waals surface area contributed by atoms with Crippen LogP contribution in [0.5, 0.6) is 5.75 Å². The second kappa shape index (κ2) is 9.91. The van der Waals surface area contributed by atoms with Crippen molar-refractivity contribution in [1.29, 1.82) is 0 Å². The van der Waals surface area contributed by atoms with Crippen molar-refractivity contribution in [3.63, 3.8) is 0 Å². The van der Waals surface area contributed by atoms with Crippen LogP contribution in [0.15, 0.2) is 30.5 Å². The molecule has 1 fully saturated rings. The molecule has 1 saturated heterocycles. The first-order valence-corrected chi connectivity index (χ1v) is 10.4. The molecule has 196 valence electrons. The summed E-state index contributed by atoms with van der Waals surface area (Å²) in [6.07, 6.45) is -5.89. The summed E-state index contributed by atoms with van der Waals surface area (Å²) in [6.45, 7) is -1.95. The summed E-state index contributed by atoms with van der Waals surface area (Å²) in [5, 5.41) is 4.60. The van der Waals surface area contributed by atoms with E-state index >= 15 is 0 Å². The molecular formula is C22H20F7N3O4. The number of hydrogen-bond donors (Lipinski definition) is 2. The standard InChI is InChI=1S/C22H20F7N3O4/c1-9-14(11-4-5-12(23)15(24)16(11)35-20(25)26)17(36-21(9,2)22(27,28)29)19(34)32-10-6-7-31-13(8-10)18(33)30-3/h4-9,14,17,20H,1-3H3,(H,30,33)(H,31,32,34)/t9-,14-,17+,21-/m1/s1. The first-order chi connectivity index (χ1) is 16.7. The number of nitrogens with one attached hydrogen (secondary N) is 2. The zero-order valence-corrected chi connectivity index (χ0v) is 18.9. The molecule has 1 aliphatic heterocycles. The van der Waals surface area contributed by atoms with E-state index in [1.165, 1.54) is 13.1 Å². The van der Waals surface area contributed by atoms with Crippen molar-refractivity contribution in [1.82, 2.24) is 10.3 Å². The number of ether oxygens (including phenoxy) is 2. The van der Waals surface area contributed by atoms with Crippen molar-refractivity contribution in [3.8, 4) is 5.75 Å². The van der Waals surface area contributed by atoms with E-state index in [4.69, 9.17) is 4.74 Å². The minimum atomic E-state index is -5.04. The second-order valence-electron chi connectivity index (χ2n) is 8.11. The molecule has 2 N–H and O–H groups in total. The van der Waals surface area contributed by atoms with E-state index in [1.54, 1.807) is 0 Å².